The summed E-state index contributed by atoms with van der Waals surface area (Å²) in [5, 5.41) is 18.3. The van der Waals surface area contributed by atoms with E-state index in [1.807, 2.05) is 0 Å². The largest absolute Gasteiger partial charge is 0.394 e. The van der Waals surface area contributed by atoms with Crippen LogP contribution in [0, 0.1) is 5.82 Å². The fourth-order valence-corrected chi connectivity index (χ4v) is 1.72. The zero-order chi connectivity index (χ0) is 12.6. The first-order valence-corrected chi connectivity index (χ1v) is 4.98. The van der Waals surface area contributed by atoms with Gasteiger partial charge in [0.1, 0.15) is 12.3 Å². The number of aliphatic hydroxyl groups excluding tert-OH is 2. The monoisotopic (exact) mass is 246 g/mol. The summed E-state index contributed by atoms with van der Waals surface area (Å²) >= 11 is 0. The van der Waals surface area contributed by atoms with Gasteiger partial charge in [-0.05, 0) is 0 Å². The minimum Gasteiger partial charge on any atom is -0.394 e. The van der Waals surface area contributed by atoms with Gasteiger partial charge in [-0.1, -0.05) is 0 Å². The molecule has 7 nitrogen and oxygen atoms in total. The molecule has 0 saturated carbocycles. The highest BCUT2D eigenvalue weighted by atomic mass is 19.1. The smallest absolute Gasteiger partial charge is 0.330 e. The Morgan fingerprint density at radius 1 is 1.59 bits per heavy atom. The second kappa shape index (κ2) is 4.40. The Kier molecular flexibility index (Phi) is 3.09. The lowest BCUT2D eigenvalue weighted by molar-refractivity contribution is -0.0462. The van der Waals surface area contributed by atoms with Gasteiger partial charge in [0, 0.05) is 6.42 Å². The number of halogens is 1. The molecule has 94 valence electrons. The summed E-state index contributed by atoms with van der Waals surface area (Å²) in [6, 6.07) is 0. The van der Waals surface area contributed by atoms with Gasteiger partial charge in [-0.25, -0.2) is 4.79 Å². The third-order valence-electron chi connectivity index (χ3n) is 2.62. The zero-order valence-corrected chi connectivity index (χ0v) is 8.67. The van der Waals surface area contributed by atoms with E-state index < -0.39 is 42.1 Å². The van der Waals surface area contributed by atoms with Crippen molar-refractivity contribution in [2.75, 3.05) is 6.61 Å². The SMILES string of the molecule is O=c1[nH]c(=O)n([C@H]2C[C@@H](O)[C@@H](CO)O2)cc1F. The van der Waals surface area contributed by atoms with Crippen LogP contribution in [0.4, 0.5) is 4.39 Å². The molecule has 1 aromatic heterocycles. The van der Waals surface area contributed by atoms with Gasteiger partial charge < -0.3 is 14.9 Å². The molecule has 2 rings (SSSR count). The van der Waals surface area contributed by atoms with Crippen LogP contribution in [-0.4, -0.2) is 38.6 Å². The summed E-state index contributed by atoms with van der Waals surface area (Å²) in [5.74, 6) is -1.12. The van der Waals surface area contributed by atoms with Gasteiger partial charge in [-0.3, -0.25) is 14.3 Å². The molecule has 8 heteroatoms. The van der Waals surface area contributed by atoms with Crippen LogP contribution in [0.3, 0.4) is 0 Å². The van der Waals surface area contributed by atoms with E-state index in [2.05, 4.69) is 0 Å². The van der Waals surface area contributed by atoms with Crippen molar-refractivity contribution in [2.24, 2.45) is 0 Å². The summed E-state index contributed by atoms with van der Waals surface area (Å²) in [4.78, 5) is 24.0. The second-order valence-electron chi connectivity index (χ2n) is 3.76. The predicted octanol–water partition coefficient (Wildman–Crippen LogP) is -1.68. The van der Waals surface area contributed by atoms with Gasteiger partial charge in [-0.2, -0.15) is 4.39 Å². The number of nitrogens with one attached hydrogen (secondary N) is 1. The van der Waals surface area contributed by atoms with E-state index in [9.17, 15) is 19.1 Å². The van der Waals surface area contributed by atoms with Crippen molar-refractivity contribution < 1.29 is 19.3 Å². The van der Waals surface area contributed by atoms with E-state index >= 15 is 0 Å². The molecule has 0 unspecified atom stereocenters. The van der Waals surface area contributed by atoms with Gasteiger partial charge >= 0.3 is 5.69 Å². The van der Waals surface area contributed by atoms with E-state index in [0.29, 0.717) is 0 Å². The van der Waals surface area contributed by atoms with Gasteiger partial charge in [0.15, 0.2) is 0 Å². The van der Waals surface area contributed by atoms with Crippen molar-refractivity contribution in [2.45, 2.75) is 24.9 Å². The van der Waals surface area contributed by atoms with Crippen LogP contribution in [0.2, 0.25) is 0 Å². The van der Waals surface area contributed by atoms with Gasteiger partial charge in [0.05, 0.1) is 18.9 Å². The molecular formula is C9H11FN2O5. The maximum absolute atomic E-state index is 13.0. The molecule has 0 radical (unpaired) electrons. The van der Waals surface area contributed by atoms with Crippen LogP contribution in [0.1, 0.15) is 12.6 Å². The molecule has 1 saturated heterocycles. The number of aromatic amines is 1. The maximum Gasteiger partial charge on any atom is 0.330 e. The Labute approximate surface area is 94.1 Å². The molecular weight excluding hydrogens is 235 g/mol. The van der Waals surface area contributed by atoms with Crippen LogP contribution >= 0.6 is 0 Å². The molecule has 1 aliphatic rings. The van der Waals surface area contributed by atoms with Crippen molar-refractivity contribution in [3.05, 3.63) is 32.9 Å². The maximum atomic E-state index is 13.0. The molecule has 0 aliphatic carbocycles. The van der Waals surface area contributed by atoms with Crippen molar-refractivity contribution in [3.8, 4) is 0 Å². The summed E-state index contributed by atoms with van der Waals surface area (Å²) < 4.78 is 19.0. The molecule has 1 aliphatic heterocycles. The highest BCUT2D eigenvalue weighted by Gasteiger charge is 2.35. The lowest BCUT2D eigenvalue weighted by Gasteiger charge is -2.13. The predicted molar refractivity (Wildman–Crippen MR) is 52.9 cm³/mol. The lowest BCUT2D eigenvalue weighted by Crippen LogP contribution is -2.34. The Morgan fingerprint density at radius 3 is 2.88 bits per heavy atom. The number of nitrogens with zero attached hydrogens (tertiary/aromatic N) is 1. The highest BCUT2D eigenvalue weighted by molar-refractivity contribution is 4.90. The normalized spacial score (nSPS) is 28.5. The van der Waals surface area contributed by atoms with Crippen molar-refractivity contribution in [1.29, 1.82) is 0 Å². The third-order valence-corrected chi connectivity index (χ3v) is 2.62. The zero-order valence-electron chi connectivity index (χ0n) is 8.67. The van der Waals surface area contributed by atoms with Crippen molar-refractivity contribution in [3.63, 3.8) is 0 Å². The van der Waals surface area contributed by atoms with Gasteiger partial charge in [0.2, 0.25) is 5.82 Å². The third kappa shape index (κ3) is 2.14. The van der Waals surface area contributed by atoms with Crippen LogP contribution in [0.5, 0.6) is 0 Å². The number of aromatic nitrogens is 2. The first kappa shape index (κ1) is 12.0. The van der Waals surface area contributed by atoms with Crippen LogP contribution in [0.25, 0.3) is 0 Å². The summed E-state index contributed by atoms with van der Waals surface area (Å²) in [6.07, 6.45) is -1.90. The molecule has 17 heavy (non-hydrogen) atoms. The quantitative estimate of drug-likeness (QED) is 0.578. The Balaban J connectivity index is 2.34. The number of ether oxygens (including phenoxy) is 1. The molecule has 0 spiro atoms. The molecule has 1 aromatic rings. The van der Waals surface area contributed by atoms with E-state index in [4.69, 9.17) is 9.84 Å². The van der Waals surface area contributed by atoms with E-state index in [1.165, 1.54) is 0 Å². The topological polar surface area (TPSA) is 105 Å². The number of H-pyrrole nitrogens is 1. The number of aliphatic hydroxyl groups is 2. The molecule has 3 N–H and O–H groups in total. The number of rotatable bonds is 2. The Hall–Kier alpha value is -1.51. The van der Waals surface area contributed by atoms with Crippen molar-refractivity contribution in [1.82, 2.24) is 9.55 Å². The van der Waals surface area contributed by atoms with Crippen LogP contribution < -0.4 is 11.2 Å². The Bertz CT molecular complexity index is 525. The van der Waals surface area contributed by atoms with E-state index in [1.54, 1.807) is 4.98 Å². The molecule has 1 fully saturated rings. The summed E-state index contributed by atoms with van der Waals surface area (Å²) in [5.41, 5.74) is -1.93. The second-order valence-corrected chi connectivity index (χ2v) is 3.76. The minimum absolute atomic E-state index is 0.0383. The number of hydrogen-bond donors (Lipinski definition) is 3. The standard InChI is InChI=1S/C9H11FN2O5/c10-4-2-12(9(16)11-8(4)15)7-1-5(14)6(3-13)17-7/h2,5-7,13-14H,1,3H2,(H,11,15,16)/t5-,6-,7-/m1/s1. The van der Waals surface area contributed by atoms with Crippen LogP contribution in [-0.2, 0) is 4.74 Å². The first-order chi connectivity index (χ1) is 8.02. The lowest BCUT2D eigenvalue weighted by atomic mass is 10.2. The summed E-state index contributed by atoms with van der Waals surface area (Å²) in [6.45, 7) is -0.405. The fourth-order valence-electron chi connectivity index (χ4n) is 1.72. The fraction of sp³-hybridized carbons (Fsp3) is 0.556. The van der Waals surface area contributed by atoms with Crippen molar-refractivity contribution >= 4 is 0 Å². The van der Waals surface area contributed by atoms with E-state index in [-0.39, 0.29) is 6.42 Å². The average molecular weight is 246 g/mol. The summed E-state index contributed by atoms with van der Waals surface area (Å²) in [7, 11) is 0. The Morgan fingerprint density at radius 2 is 2.29 bits per heavy atom. The van der Waals surface area contributed by atoms with Crippen LogP contribution in [0.15, 0.2) is 15.8 Å². The molecule has 0 aromatic carbocycles. The molecule has 3 atom stereocenters. The minimum atomic E-state index is -1.12. The molecule has 0 amide bonds. The first-order valence-electron chi connectivity index (χ1n) is 4.98. The average Bonchev–Trinajstić information content (AvgIpc) is 2.65. The van der Waals surface area contributed by atoms with Gasteiger partial charge in [0.25, 0.3) is 5.56 Å². The number of hydrogen-bond acceptors (Lipinski definition) is 5. The molecule has 0 bridgehead atoms. The highest BCUT2D eigenvalue weighted by Crippen LogP contribution is 2.26. The molecule has 2 heterocycles. The van der Waals surface area contributed by atoms with Gasteiger partial charge in [-0.15, -0.1) is 0 Å². The van der Waals surface area contributed by atoms with E-state index in [0.717, 1.165) is 10.8 Å².